The van der Waals surface area contributed by atoms with Crippen LogP contribution >= 0.6 is 0 Å². The van der Waals surface area contributed by atoms with E-state index < -0.39 is 0 Å². The smallest absolute Gasteiger partial charge is 0.250 e. The Bertz CT molecular complexity index is 649. The zero-order valence-corrected chi connectivity index (χ0v) is 11.2. The molecule has 1 amide bonds. The summed E-state index contributed by atoms with van der Waals surface area (Å²) in [5.41, 5.74) is 0.512. The zero-order valence-electron chi connectivity index (χ0n) is 11.2. The summed E-state index contributed by atoms with van der Waals surface area (Å²) < 4.78 is 6.66. The lowest BCUT2D eigenvalue weighted by molar-refractivity contribution is -0.116. The van der Waals surface area contributed by atoms with Gasteiger partial charge in [0.15, 0.2) is 0 Å². The fourth-order valence-electron chi connectivity index (χ4n) is 1.83. The van der Waals surface area contributed by atoms with Crippen LogP contribution in [0.2, 0.25) is 0 Å². The number of aromatic nitrogens is 1. The maximum absolute atomic E-state index is 11.9. The van der Waals surface area contributed by atoms with Crippen molar-refractivity contribution in [2.24, 2.45) is 0 Å². The number of hydrogen-bond donors (Lipinski definition) is 1. The molecule has 0 aliphatic carbocycles. The number of pyridine rings is 1. The van der Waals surface area contributed by atoms with E-state index >= 15 is 0 Å². The highest BCUT2D eigenvalue weighted by molar-refractivity contribution is 5.92. The largest absolute Gasteiger partial charge is 0.495 e. The second-order valence-electron chi connectivity index (χ2n) is 4.23. The van der Waals surface area contributed by atoms with Crippen molar-refractivity contribution in [1.29, 1.82) is 0 Å². The van der Waals surface area contributed by atoms with Gasteiger partial charge in [-0.25, -0.2) is 0 Å². The van der Waals surface area contributed by atoms with Gasteiger partial charge in [0.1, 0.15) is 5.75 Å². The molecule has 0 saturated carbocycles. The van der Waals surface area contributed by atoms with Crippen molar-refractivity contribution >= 4 is 11.6 Å². The molecular weight excluding hydrogens is 256 g/mol. The molecule has 0 atom stereocenters. The van der Waals surface area contributed by atoms with Gasteiger partial charge in [-0.2, -0.15) is 0 Å². The number of aryl methyl sites for hydroxylation is 1. The van der Waals surface area contributed by atoms with E-state index in [0.717, 1.165) is 0 Å². The molecule has 0 bridgehead atoms. The van der Waals surface area contributed by atoms with Gasteiger partial charge >= 0.3 is 0 Å². The molecule has 0 fully saturated rings. The Morgan fingerprint density at radius 2 is 1.95 bits per heavy atom. The van der Waals surface area contributed by atoms with Gasteiger partial charge in [-0.15, -0.1) is 0 Å². The summed E-state index contributed by atoms with van der Waals surface area (Å²) in [7, 11) is 1.55. The second kappa shape index (κ2) is 6.56. The molecule has 2 aromatic rings. The van der Waals surface area contributed by atoms with E-state index in [9.17, 15) is 9.59 Å². The predicted molar refractivity (Wildman–Crippen MR) is 76.9 cm³/mol. The Morgan fingerprint density at radius 3 is 2.70 bits per heavy atom. The highest BCUT2D eigenvalue weighted by Crippen LogP contribution is 2.22. The molecule has 0 unspecified atom stereocenters. The van der Waals surface area contributed by atoms with E-state index in [4.69, 9.17) is 4.74 Å². The lowest BCUT2D eigenvalue weighted by Gasteiger charge is -2.10. The van der Waals surface area contributed by atoms with Gasteiger partial charge in [0.2, 0.25) is 5.91 Å². The number of benzene rings is 1. The normalized spacial score (nSPS) is 10.1. The first kappa shape index (κ1) is 13.9. The standard InChI is InChI=1S/C15H16N2O3/c1-20-13-7-3-2-6-12(13)16-14(18)9-11-17-10-5-4-8-15(17)19/h2-8,10H,9,11H2,1H3,(H,16,18). The van der Waals surface area contributed by atoms with E-state index in [-0.39, 0.29) is 17.9 Å². The molecule has 0 spiro atoms. The Hall–Kier alpha value is -2.56. The molecule has 2 rings (SSSR count). The van der Waals surface area contributed by atoms with Crippen molar-refractivity contribution in [2.45, 2.75) is 13.0 Å². The van der Waals surface area contributed by atoms with Crippen molar-refractivity contribution in [1.82, 2.24) is 4.57 Å². The van der Waals surface area contributed by atoms with Crippen LogP contribution in [-0.2, 0) is 11.3 Å². The van der Waals surface area contributed by atoms with Crippen LogP contribution in [0, 0.1) is 0 Å². The van der Waals surface area contributed by atoms with Crippen molar-refractivity contribution in [3.05, 3.63) is 59.0 Å². The lowest BCUT2D eigenvalue weighted by Crippen LogP contribution is -2.21. The van der Waals surface area contributed by atoms with Crippen LogP contribution in [0.4, 0.5) is 5.69 Å². The van der Waals surface area contributed by atoms with Gasteiger partial charge in [0, 0.05) is 25.2 Å². The van der Waals surface area contributed by atoms with Crippen LogP contribution in [0.5, 0.6) is 5.75 Å². The first-order valence-electron chi connectivity index (χ1n) is 6.29. The summed E-state index contributed by atoms with van der Waals surface area (Å²) in [4.78, 5) is 23.4. The van der Waals surface area contributed by atoms with Gasteiger partial charge in [0.05, 0.1) is 12.8 Å². The Morgan fingerprint density at radius 1 is 1.20 bits per heavy atom. The van der Waals surface area contributed by atoms with Crippen LogP contribution in [0.3, 0.4) is 0 Å². The summed E-state index contributed by atoms with van der Waals surface area (Å²) in [6.07, 6.45) is 1.89. The van der Waals surface area contributed by atoms with Gasteiger partial charge in [-0.05, 0) is 18.2 Å². The number of carbonyl (C=O) groups excluding carboxylic acids is 1. The fourth-order valence-corrected chi connectivity index (χ4v) is 1.83. The first-order valence-corrected chi connectivity index (χ1v) is 6.29. The van der Waals surface area contributed by atoms with Crippen molar-refractivity contribution in [2.75, 3.05) is 12.4 Å². The van der Waals surface area contributed by atoms with Crippen LogP contribution in [0.1, 0.15) is 6.42 Å². The van der Waals surface area contributed by atoms with Crippen LogP contribution in [-0.4, -0.2) is 17.6 Å². The quantitative estimate of drug-likeness (QED) is 0.904. The summed E-state index contributed by atoms with van der Waals surface area (Å²) >= 11 is 0. The molecule has 0 aliphatic heterocycles. The van der Waals surface area contributed by atoms with Gasteiger partial charge in [0.25, 0.3) is 5.56 Å². The third-order valence-corrected chi connectivity index (χ3v) is 2.86. The number of rotatable bonds is 5. The van der Waals surface area contributed by atoms with E-state index in [1.54, 1.807) is 37.6 Å². The van der Waals surface area contributed by atoms with E-state index in [1.807, 2.05) is 12.1 Å². The van der Waals surface area contributed by atoms with Crippen molar-refractivity contribution in [3.8, 4) is 5.75 Å². The second-order valence-corrected chi connectivity index (χ2v) is 4.23. The monoisotopic (exact) mass is 272 g/mol. The van der Waals surface area contributed by atoms with Gasteiger partial charge in [-0.1, -0.05) is 18.2 Å². The predicted octanol–water partition coefficient (Wildman–Crippen LogP) is 1.89. The minimum Gasteiger partial charge on any atom is -0.495 e. The van der Waals surface area contributed by atoms with Gasteiger partial charge in [-0.3, -0.25) is 9.59 Å². The molecule has 104 valence electrons. The number of methoxy groups -OCH3 is 1. The summed E-state index contributed by atoms with van der Waals surface area (Å²) in [6.45, 7) is 0.348. The maximum Gasteiger partial charge on any atom is 0.250 e. The molecule has 0 saturated heterocycles. The Balaban J connectivity index is 1.96. The highest BCUT2D eigenvalue weighted by atomic mass is 16.5. The Kier molecular flexibility index (Phi) is 4.55. The number of ether oxygens (including phenoxy) is 1. The molecule has 1 heterocycles. The molecule has 20 heavy (non-hydrogen) atoms. The molecule has 5 heteroatoms. The van der Waals surface area contributed by atoms with E-state index in [1.165, 1.54) is 10.6 Å². The van der Waals surface area contributed by atoms with Crippen molar-refractivity contribution < 1.29 is 9.53 Å². The molecular formula is C15H16N2O3. The third-order valence-electron chi connectivity index (χ3n) is 2.86. The minimum atomic E-state index is -0.162. The highest BCUT2D eigenvalue weighted by Gasteiger charge is 2.07. The minimum absolute atomic E-state index is 0.113. The van der Waals surface area contributed by atoms with Crippen molar-refractivity contribution in [3.63, 3.8) is 0 Å². The number of nitrogens with one attached hydrogen (secondary N) is 1. The summed E-state index contributed by atoms with van der Waals surface area (Å²) in [5.74, 6) is 0.447. The summed E-state index contributed by atoms with van der Waals surface area (Å²) in [6, 6.07) is 12.1. The first-order chi connectivity index (χ1) is 9.70. The number of carbonyl (C=O) groups is 1. The maximum atomic E-state index is 11.9. The molecule has 0 aliphatic rings. The van der Waals surface area contributed by atoms with E-state index in [0.29, 0.717) is 18.0 Å². The molecule has 0 radical (unpaired) electrons. The Labute approximate surface area is 116 Å². The number of nitrogens with zero attached hydrogens (tertiary/aromatic N) is 1. The van der Waals surface area contributed by atoms with E-state index in [2.05, 4.69) is 5.32 Å². The molecule has 1 N–H and O–H groups in total. The topological polar surface area (TPSA) is 60.3 Å². The lowest BCUT2D eigenvalue weighted by atomic mass is 10.2. The fraction of sp³-hybridized carbons (Fsp3) is 0.200. The number of hydrogen-bond acceptors (Lipinski definition) is 3. The van der Waals surface area contributed by atoms with Gasteiger partial charge < -0.3 is 14.6 Å². The number of anilines is 1. The number of para-hydroxylation sites is 2. The average Bonchev–Trinajstić information content (AvgIpc) is 2.47. The molecule has 1 aromatic heterocycles. The van der Waals surface area contributed by atoms with Crippen LogP contribution < -0.4 is 15.6 Å². The molecule has 1 aromatic carbocycles. The molecule has 5 nitrogen and oxygen atoms in total. The zero-order chi connectivity index (χ0) is 14.4. The summed E-state index contributed by atoms with van der Waals surface area (Å²) in [5, 5.41) is 2.77. The van der Waals surface area contributed by atoms with Crippen LogP contribution in [0.25, 0.3) is 0 Å². The SMILES string of the molecule is COc1ccccc1NC(=O)CCn1ccccc1=O. The third kappa shape index (κ3) is 3.47. The average molecular weight is 272 g/mol. The van der Waals surface area contributed by atoms with Crippen LogP contribution in [0.15, 0.2) is 53.5 Å². The number of amides is 1.